The van der Waals surface area contributed by atoms with Crippen molar-refractivity contribution in [2.45, 2.75) is 45.8 Å². The van der Waals surface area contributed by atoms with E-state index in [1.807, 2.05) is 0 Å². The van der Waals surface area contributed by atoms with Crippen molar-refractivity contribution in [2.24, 2.45) is 4.99 Å². The molecule has 6 heteroatoms. The minimum atomic E-state index is 0. The van der Waals surface area contributed by atoms with Crippen LogP contribution >= 0.6 is 24.0 Å². The number of rotatable bonds is 8. The van der Waals surface area contributed by atoms with E-state index in [0.29, 0.717) is 6.10 Å². The summed E-state index contributed by atoms with van der Waals surface area (Å²) in [7, 11) is 1.73. The summed E-state index contributed by atoms with van der Waals surface area (Å²) in [4.78, 5) is 7.18. The maximum atomic E-state index is 5.95. The SMILES string of the molecule is CCNC(=NCc1ccc(C)cc1)N1CCC(OCCCOC)CC1.I. The van der Waals surface area contributed by atoms with Crippen LogP contribution in [0, 0.1) is 6.92 Å². The van der Waals surface area contributed by atoms with E-state index in [2.05, 4.69) is 48.3 Å². The van der Waals surface area contributed by atoms with E-state index in [-0.39, 0.29) is 24.0 Å². The molecule has 26 heavy (non-hydrogen) atoms. The summed E-state index contributed by atoms with van der Waals surface area (Å²) in [5.41, 5.74) is 2.53. The Morgan fingerprint density at radius 3 is 2.50 bits per heavy atom. The second-order valence-electron chi connectivity index (χ2n) is 6.56. The molecule has 0 aliphatic carbocycles. The van der Waals surface area contributed by atoms with Gasteiger partial charge in [0, 0.05) is 40.0 Å². The first kappa shape index (κ1) is 23.2. The highest BCUT2D eigenvalue weighted by Gasteiger charge is 2.21. The zero-order valence-electron chi connectivity index (χ0n) is 16.4. The first-order valence-corrected chi connectivity index (χ1v) is 9.42. The van der Waals surface area contributed by atoms with Gasteiger partial charge in [-0.05, 0) is 38.7 Å². The lowest BCUT2D eigenvalue weighted by molar-refractivity contribution is 0.00990. The van der Waals surface area contributed by atoms with Crippen LogP contribution in [0.3, 0.4) is 0 Å². The largest absolute Gasteiger partial charge is 0.385 e. The van der Waals surface area contributed by atoms with Gasteiger partial charge in [-0.25, -0.2) is 4.99 Å². The molecule has 0 atom stereocenters. The molecule has 1 saturated heterocycles. The van der Waals surface area contributed by atoms with Gasteiger partial charge in [0.25, 0.3) is 0 Å². The number of ether oxygens (including phenoxy) is 2. The van der Waals surface area contributed by atoms with Gasteiger partial charge in [0.1, 0.15) is 0 Å². The molecule has 0 amide bonds. The number of halogens is 1. The van der Waals surface area contributed by atoms with E-state index < -0.39 is 0 Å². The molecule has 0 radical (unpaired) electrons. The minimum absolute atomic E-state index is 0. The molecule has 1 fully saturated rings. The van der Waals surface area contributed by atoms with Crippen molar-refractivity contribution >= 4 is 29.9 Å². The zero-order chi connectivity index (χ0) is 17.9. The van der Waals surface area contributed by atoms with Gasteiger partial charge in [0.2, 0.25) is 0 Å². The van der Waals surface area contributed by atoms with Crippen molar-refractivity contribution in [2.75, 3.05) is 40.0 Å². The quantitative estimate of drug-likeness (QED) is 0.270. The topological polar surface area (TPSA) is 46.1 Å². The van der Waals surface area contributed by atoms with Crippen LogP contribution < -0.4 is 5.32 Å². The third-order valence-electron chi connectivity index (χ3n) is 4.45. The van der Waals surface area contributed by atoms with Gasteiger partial charge in [0.15, 0.2) is 5.96 Å². The molecule has 0 spiro atoms. The fourth-order valence-electron chi connectivity index (χ4n) is 2.97. The summed E-state index contributed by atoms with van der Waals surface area (Å²) in [6, 6.07) is 8.60. The van der Waals surface area contributed by atoms with E-state index in [9.17, 15) is 0 Å². The fraction of sp³-hybridized carbons (Fsp3) is 0.650. The lowest BCUT2D eigenvalue weighted by Crippen LogP contribution is -2.47. The monoisotopic (exact) mass is 475 g/mol. The summed E-state index contributed by atoms with van der Waals surface area (Å²) in [6.45, 7) is 9.39. The molecule has 0 saturated carbocycles. The smallest absolute Gasteiger partial charge is 0.194 e. The van der Waals surface area contributed by atoms with Crippen LogP contribution in [0.5, 0.6) is 0 Å². The number of aliphatic imine (C=N–C) groups is 1. The number of aryl methyl sites for hydroxylation is 1. The van der Waals surface area contributed by atoms with E-state index in [1.165, 1.54) is 11.1 Å². The predicted octanol–water partition coefficient (Wildman–Crippen LogP) is 3.60. The van der Waals surface area contributed by atoms with Crippen molar-refractivity contribution in [1.29, 1.82) is 0 Å². The predicted molar refractivity (Wildman–Crippen MR) is 118 cm³/mol. The van der Waals surface area contributed by atoms with Gasteiger partial charge in [-0.1, -0.05) is 29.8 Å². The number of hydrogen-bond acceptors (Lipinski definition) is 3. The van der Waals surface area contributed by atoms with Crippen LogP contribution in [0.4, 0.5) is 0 Å². The highest BCUT2D eigenvalue weighted by Crippen LogP contribution is 2.14. The first-order valence-electron chi connectivity index (χ1n) is 9.42. The van der Waals surface area contributed by atoms with Crippen LogP contribution in [0.15, 0.2) is 29.3 Å². The molecule has 5 nitrogen and oxygen atoms in total. The molecule has 1 heterocycles. The second kappa shape index (κ2) is 13.3. The number of nitrogens with one attached hydrogen (secondary N) is 1. The highest BCUT2D eigenvalue weighted by atomic mass is 127. The first-order chi connectivity index (χ1) is 12.2. The number of methoxy groups -OCH3 is 1. The summed E-state index contributed by atoms with van der Waals surface area (Å²) in [5, 5.41) is 3.43. The number of piperidine rings is 1. The van der Waals surface area contributed by atoms with Gasteiger partial charge in [-0.2, -0.15) is 0 Å². The number of guanidine groups is 1. The van der Waals surface area contributed by atoms with Crippen molar-refractivity contribution in [3.63, 3.8) is 0 Å². The Labute approximate surface area is 175 Å². The van der Waals surface area contributed by atoms with Gasteiger partial charge >= 0.3 is 0 Å². The summed E-state index contributed by atoms with van der Waals surface area (Å²) < 4.78 is 11.0. The molecular weight excluding hydrogens is 441 g/mol. The Balaban J connectivity index is 0.00000338. The highest BCUT2D eigenvalue weighted by molar-refractivity contribution is 14.0. The number of nitrogens with zero attached hydrogens (tertiary/aromatic N) is 2. The number of likely N-dealkylation sites (tertiary alicyclic amines) is 1. The average molecular weight is 475 g/mol. The number of hydrogen-bond donors (Lipinski definition) is 1. The Hall–Kier alpha value is -0.860. The molecular formula is C20H34IN3O2. The van der Waals surface area contributed by atoms with Crippen molar-refractivity contribution < 1.29 is 9.47 Å². The van der Waals surface area contributed by atoms with Crippen molar-refractivity contribution in [3.05, 3.63) is 35.4 Å². The molecule has 0 aromatic heterocycles. The van der Waals surface area contributed by atoms with E-state index in [4.69, 9.17) is 14.5 Å². The van der Waals surface area contributed by atoms with E-state index in [1.54, 1.807) is 7.11 Å². The van der Waals surface area contributed by atoms with Crippen LogP contribution in [0.25, 0.3) is 0 Å². The Morgan fingerprint density at radius 2 is 1.88 bits per heavy atom. The maximum absolute atomic E-state index is 5.95. The van der Waals surface area contributed by atoms with E-state index in [0.717, 1.165) is 64.6 Å². The van der Waals surface area contributed by atoms with E-state index >= 15 is 0 Å². The maximum Gasteiger partial charge on any atom is 0.194 e. The summed E-state index contributed by atoms with van der Waals surface area (Å²) in [5.74, 6) is 1.01. The summed E-state index contributed by atoms with van der Waals surface area (Å²) >= 11 is 0. The molecule has 2 rings (SSSR count). The molecule has 1 aliphatic heterocycles. The molecule has 1 aliphatic rings. The molecule has 148 valence electrons. The molecule has 1 aromatic rings. The standard InChI is InChI=1S/C20H33N3O2.HI/c1-4-21-20(22-16-18-8-6-17(2)7-9-18)23-12-10-19(11-13-23)25-15-5-14-24-3;/h6-9,19H,4-5,10-16H2,1-3H3,(H,21,22);1H. The lowest BCUT2D eigenvalue weighted by Gasteiger charge is -2.34. The van der Waals surface area contributed by atoms with Crippen molar-refractivity contribution in [1.82, 2.24) is 10.2 Å². The molecule has 1 aromatic carbocycles. The van der Waals surface area contributed by atoms with Gasteiger partial charge < -0.3 is 19.7 Å². The average Bonchev–Trinajstić information content (AvgIpc) is 2.64. The molecule has 0 bridgehead atoms. The third kappa shape index (κ3) is 8.22. The van der Waals surface area contributed by atoms with Gasteiger partial charge in [-0.15, -0.1) is 24.0 Å². The van der Waals surface area contributed by atoms with Crippen LogP contribution in [0.2, 0.25) is 0 Å². The minimum Gasteiger partial charge on any atom is -0.385 e. The van der Waals surface area contributed by atoms with Gasteiger partial charge in [-0.3, -0.25) is 0 Å². The normalized spacial score (nSPS) is 15.7. The van der Waals surface area contributed by atoms with Crippen LogP contribution in [0.1, 0.15) is 37.3 Å². The Bertz CT molecular complexity index is 514. The Kier molecular flexibility index (Phi) is 11.9. The Morgan fingerprint density at radius 1 is 1.19 bits per heavy atom. The lowest BCUT2D eigenvalue weighted by atomic mass is 10.1. The van der Waals surface area contributed by atoms with Crippen LogP contribution in [-0.2, 0) is 16.0 Å². The number of benzene rings is 1. The molecule has 0 unspecified atom stereocenters. The van der Waals surface area contributed by atoms with Crippen LogP contribution in [-0.4, -0.2) is 56.9 Å². The fourth-order valence-corrected chi connectivity index (χ4v) is 2.97. The molecule has 1 N–H and O–H groups in total. The zero-order valence-corrected chi connectivity index (χ0v) is 18.7. The third-order valence-corrected chi connectivity index (χ3v) is 4.45. The second-order valence-corrected chi connectivity index (χ2v) is 6.56. The van der Waals surface area contributed by atoms with Crippen molar-refractivity contribution in [3.8, 4) is 0 Å². The van der Waals surface area contributed by atoms with Gasteiger partial charge in [0.05, 0.1) is 12.6 Å². The summed E-state index contributed by atoms with van der Waals surface area (Å²) in [6.07, 6.45) is 3.45.